The summed E-state index contributed by atoms with van der Waals surface area (Å²) in [6, 6.07) is 12.0. The Balaban J connectivity index is 1.88. The van der Waals surface area contributed by atoms with Crippen LogP contribution in [0.1, 0.15) is 24.9 Å². The van der Waals surface area contributed by atoms with Crippen LogP contribution < -0.4 is 4.74 Å². The average molecular weight is 378 g/mol. The molecule has 0 aliphatic heterocycles. The Morgan fingerprint density at radius 2 is 1.84 bits per heavy atom. The fourth-order valence-corrected chi connectivity index (χ4v) is 2.97. The number of nitrogens with zero attached hydrogens (tertiary/aromatic N) is 3. The van der Waals surface area contributed by atoms with Gasteiger partial charge in [-0.15, -0.1) is 0 Å². The van der Waals surface area contributed by atoms with Gasteiger partial charge in [-0.25, -0.2) is 9.67 Å². The van der Waals surface area contributed by atoms with Gasteiger partial charge in [0.15, 0.2) is 0 Å². The zero-order valence-electron chi connectivity index (χ0n) is 13.5. The molecule has 0 saturated heterocycles. The molecular weight excluding hydrogens is 361 g/mol. The molecule has 0 aliphatic carbocycles. The van der Waals surface area contributed by atoms with Gasteiger partial charge < -0.3 is 9.84 Å². The van der Waals surface area contributed by atoms with Crippen molar-refractivity contribution in [2.75, 3.05) is 0 Å². The van der Waals surface area contributed by atoms with E-state index in [0.29, 0.717) is 28.0 Å². The highest BCUT2D eigenvalue weighted by atomic mass is 35.5. The zero-order valence-corrected chi connectivity index (χ0v) is 15.0. The Morgan fingerprint density at radius 1 is 1.12 bits per heavy atom. The Labute approximate surface area is 155 Å². The maximum absolute atomic E-state index is 10.4. The van der Waals surface area contributed by atoms with Crippen LogP contribution >= 0.6 is 23.2 Å². The van der Waals surface area contributed by atoms with Crippen LogP contribution in [0.2, 0.25) is 10.0 Å². The molecule has 1 N–H and O–H groups in total. The van der Waals surface area contributed by atoms with Crippen LogP contribution in [0.3, 0.4) is 0 Å². The fraction of sp³-hybridized carbons (Fsp3) is 0.222. The van der Waals surface area contributed by atoms with E-state index in [2.05, 4.69) is 10.1 Å². The van der Waals surface area contributed by atoms with E-state index in [-0.39, 0.29) is 0 Å². The van der Waals surface area contributed by atoms with Crippen LogP contribution in [0, 0.1) is 0 Å². The Kier molecular flexibility index (Phi) is 5.58. The van der Waals surface area contributed by atoms with E-state index in [0.717, 1.165) is 5.56 Å². The number of hydrogen-bond donors (Lipinski definition) is 1. The molecule has 5 nitrogen and oxygen atoms in total. The van der Waals surface area contributed by atoms with Crippen molar-refractivity contribution in [3.05, 3.63) is 70.7 Å². The molecule has 0 radical (unpaired) electrons. The van der Waals surface area contributed by atoms with E-state index in [9.17, 15) is 5.11 Å². The second-order valence-electron chi connectivity index (χ2n) is 5.54. The topological polar surface area (TPSA) is 60.2 Å². The Hall–Kier alpha value is -2.08. The number of hydrogen-bond acceptors (Lipinski definition) is 4. The van der Waals surface area contributed by atoms with Gasteiger partial charge >= 0.3 is 0 Å². The van der Waals surface area contributed by atoms with Crippen molar-refractivity contribution in [2.24, 2.45) is 0 Å². The van der Waals surface area contributed by atoms with Gasteiger partial charge in [0.05, 0.1) is 6.10 Å². The standard InChI is InChI=1S/C18H17Cl2N3O2/c1-2-17(24)18(23-11-21-10-22-23)15-8-7-14(9-16(15)20)25-13-5-3-12(19)4-6-13/h3-11,17-18,24H,2H2,1H3. The minimum Gasteiger partial charge on any atom is -0.457 e. The van der Waals surface area contributed by atoms with Crippen molar-refractivity contribution in [3.63, 3.8) is 0 Å². The Bertz CT molecular complexity index is 823. The van der Waals surface area contributed by atoms with E-state index in [1.54, 1.807) is 41.3 Å². The van der Waals surface area contributed by atoms with Crippen molar-refractivity contribution < 1.29 is 9.84 Å². The summed E-state index contributed by atoms with van der Waals surface area (Å²) < 4.78 is 7.39. The highest BCUT2D eigenvalue weighted by Crippen LogP contribution is 2.33. The lowest BCUT2D eigenvalue weighted by Crippen LogP contribution is -2.25. The van der Waals surface area contributed by atoms with Crippen molar-refractivity contribution in [1.82, 2.24) is 14.8 Å². The van der Waals surface area contributed by atoms with E-state index in [4.69, 9.17) is 27.9 Å². The van der Waals surface area contributed by atoms with Crippen LogP contribution in [0.25, 0.3) is 0 Å². The summed E-state index contributed by atoms with van der Waals surface area (Å²) in [4.78, 5) is 3.96. The summed E-state index contributed by atoms with van der Waals surface area (Å²) in [5.74, 6) is 1.26. The van der Waals surface area contributed by atoms with Crippen LogP contribution in [0.5, 0.6) is 11.5 Å². The first-order valence-electron chi connectivity index (χ1n) is 7.83. The molecule has 0 fully saturated rings. The molecule has 3 rings (SSSR count). The smallest absolute Gasteiger partial charge is 0.137 e. The summed E-state index contributed by atoms with van der Waals surface area (Å²) in [6.45, 7) is 1.90. The highest BCUT2D eigenvalue weighted by molar-refractivity contribution is 6.31. The minimum atomic E-state index is -0.637. The lowest BCUT2D eigenvalue weighted by Gasteiger charge is -2.23. The number of aliphatic hydroxyl groups excluding tert-OH is 1. The number of ether oxygens (including phenoxy) is 1. The van der Waals surface area contributed by atoms with E-state index < -0.39 is 12.1 Å². The third-order valence-corrected chi connectivity index (χ3v) is 4.42. The van der Waals surface area contributed by atoms with Crippen LogP contribution in [-0.4, -0.2) is 26.0 Å². The predicted molar refractivity (Wildman–Crippen MR) is 97.4 cm³/mol. The molecule has 2 unspecified atom stereocenters. The molecule has 0 amide bonds. The minimum absolute atomic E-state index is 0.412. The first kappa shape index (κ1) is 17.7. The summed E-state index contributed by atoms with van der Waals surface area (Å²) in [6.07, 6.45) is 2.92. The summed E-state index contributed by atoms with van der Waals surface area (Å²) in [5, 5.41) is 15.7. The molecule has 0 saturated carbocycles. The largest absolute Gasteiger partial charge is 0.457 e. The molecule has 0 aliphatic rings. The molecule has 25 heavy (non-hydrogen) atoms. The third-order valence-electron chi connectivity index (χ3n) is 3.84. The van der Waals surface area contributed by atoms with Gasteiger partial charge in [-0.05, 0) is 48.4 Å². The number of halogens is 2. The van der Waals surface area contributed by atoms with Gasteiger partial charge in [0.25, 0.3) is 0 Å². The average Bonchev–Trinajstić information content (AvgIpc) is 3.13. The molecule has 130 valence electrons. The van der Waals surface area contributed by atoms with E-state index >= 15 is 0 Å². The maximum Gasteiger partial charge on any atom is 0.137 e. The van der Waals surface area contributed by atoms with Gasteiger partial charge in [0.1, 0.15) is 30.2 Å². The van der Waals surface area contributed by atoms with Crippen molar-refractivity contribution in [3.8, 4) is 11.5 Å². The number of benzene rings is 2. The lowest BCUT2D eigenvalue weighted by molar-refractivity contribution is 0.120. The van der Waals surface area contributed by atoms with Gasteiger partial charge in [-0.3, -0.25) is 0 Å². The van der Waals surface area contributed by atoms with Crippen molar-refractivity contribution in [2.45, 2.75) is 25.5 Å². The molecule has 1 aromatic heterocycles. The third kappa shape index (κ3) is 4.12. The van der Waals surface area contributed by atoms with Gasteiger partial charge in [0.2, 0.25) is 0 Å². The van der Waals surface area contributed by atoms with Crippen molar-refractivity contribution >= 4 is 23.2 Å². The second kappa shape index (κ2) is 7.87. The first-order chi connectivity index (χ1) is 12.1. The lowest BCUT2D eigenvalue weighted by atomic mass is 9.99. The number of rotatable bonds is 6. The molecule has 2 aromatic carbocycles. The zero-order chi connectivity index (χ0) is 17.8. The maximum atomic E-state index is 10.4. The summed E-state index contributed by atoms with van der Waals surface area (Å²) in [5.41, 5.74) is 0.755. The van der Waals surface area contributed by atoms with Gasteiger partial charge in [-0.1, -0.05) is 36.2 Å². The molecular formula is C18H17Cl2N3O2. The van der Waals surface area contributed by atoms with Crippen LogP contribution in [-0.2, 0) is 0 Å². The Morgan fingerprint density at radius 3 is 2.44 bits per heavy atom. The molecule has 7 heteroatoms. The first-order valence-corrected chi connectivity index (χ1v) is 8.59. The number of aromatic nitrogens is 3. The monoisotopic (exact) mass is 377 g/mol. The summed E-state index contributed by atoms with van der Waals surface area (Å²) >= 11 is 12.3. The highest BCUT2D eigenvalue weighted by Gasteiger charge is 2.25. The summed E-state index contributed by atoms with van der Waals surface area (Å²) in [7, 11) is 0. The fourth-order valence-electron chi connectivity index (χ4n) is 2.56. The van der Waals surface area contributed by atoms with E-state index in [1.165, 1.54) is 6.33 Å². The van der Waals surface area contributed by atoms with E-state index in [1.807, 2.05) is 19.1 Å². The predicted octanol–water partition coefficient (Wildman–Crippen LogP) is 4.74. The quantitative estimate of drug-likeness (QED) is 0.673. The van der Waals surface area contributed by atoms with Crippen LogP contribution in [0.4, 0.5) is 0 Å². The SMILES string of the molecule is CCC(O)C(c1ccc(Oc2ccc(Cl)cc2)cc1Cl)n1cncn1. The van der Waals surface area contributed by atoms with Gasteiger partial charge in [0, 0.05) is 10.0 Å². The molecule has 0 bridgehead atoms. The van der Waals surface area contributed by atoms with Crippen molar-refractivity contribution in [1.29, 1.82) is 0 Å². The molecule has 0 spiro atoms. The molecule has 1 heterocycles. The van der Waals surface area contributed by atoms with Crippen LogP contribution in [0.15, 0.2) is 55.1 Å². The number of aliphatic hydroxyl groups is 1. The second-order valence-corrected chi connectivity index (χ2v) is 6.38. The normalized spacial score (nSPS) is 13.4. The molecule has 3 aromatic rings. The molecule has 2 atom stereocenters. The van der Waals surface area contributed by atoms with Gasteiger partial charge in [-0.2, -0.15) is 5.10 Å².